The zero-order chi connectivity index (χ0) is 20.1. The van der Waals surface area contributed by atoms with Crippen LogP contribution >= 0.6 is 0 Å². The molecule has 0 fully saturated rings. The number of alkyl halides is 3. The van der Waals surface area contributed by atoms with Crippen LogP contribution < -0.4 is 15.4 Å². The molecule has 9 heteroatoms. The third-order valence-corrected chi connectivity index (χ3v) is 3.74. The number of para-hydroxylation sites is 1. The van der Waals surface area contributed by atoms with Gasteiger partial charge in [-0.15, -0.1) is 0 Å². The molecule has 0 saturated heterocycles. The number of carbonyl (C=O) groups excluding carboxylic acids is 1. The maximum absolute atomic E-state index is 13.1. The molecule has 0 spiro atoms. The van der Waals surface area contributed by atoms with Gasteiger partial charge in [0.1, 0.15) is 23.6 Å². The molecular weight excluding hydrogens is 373 g/mol. The minimum absolute atomic E-state index is 0.0806. The van der Waals surface area contributed by atoms with Crippen molar-refractivity contribution in [3.05, 3.63) is 72.2 Å². The molecule has 1 aromatic heterocycles. The van der Waals surface area contributed by atoms with Crippen LogP contribution in [0.15, 0.2) is 60.9 Å². The van der Waals surface area contributed by atoms with Crippen molar-refractivity contribution in [2.24, 2.45) is 0 Å². The summed E-state index contributed by atoms with van der Waals surface area (Å²) in [6, 6.07) is 13.1. The van der Waals surface area contributed by atoms with E-state index in [1.807, 2.05) is 0 Å². The van der Waals surface area contributed by atoms with E-state index in [1.165, 1.54) is 24.3 Å². The zero-order valence-corrected chi connectivity index (χ0v) is 14.6. The molecule has 0 aliphatic heterocycles. The summed E-state index contributed by atoms with van der Waals surface area (Å²) < 4.78 is 44.3. The summed E-state index contributed by atoms with van der Waals surface area (Å²) in [5.74, 6) is 0.211. The number of nitrogens with zero attached hydrogens (tertiary/aromatic N) is 2. The van der Waals surface area contributed by atoms with Crippen LogP contribution in [0.1, 0.15) is 16.1 Å². The number of nitrogens with one attached hydrogen (secondary N) is 2. The summed E-state index contributed by atoms with van der Waals surface area (Å²) in [5, 5.41) is 5.23. The molecule has 0 aliphatic rings. The molecule has 1 heterocycles. The minimum atomic E-state index is -4.59. The molecule has 3 rings (SSSR count). The van der Waals surface area contributed by atoms with Crippen LogP contribution in [0.3, 0.4) is 0 Å². The van der Waals surface area contributed by atoms with Crippen molar-refractivity contribution in [1.82, 2.24) is 9.97 Å². The van der Waals surface area contributed by atoms with Crippen molar-refractivity contribution >= 4 is 23.1 Å². The first-order valence-electron chi connectivity index (χ1n) is 8.07. The Bertz CT molecular complexity index is 975. The number of carbonyl (C=O) groups is 1. The standard InChI is InChI=1S/C19H15F3N4O2/c1-28-13-8-6-12(7-9-13)25-17-10-16(23-11-24-17)18(27)26-15-5-3-2-4-14(15)19(20,21)22/h2-11H,1H3,(H,26,27)(H,23,24,25). The van der Waals surface area contributed by atoms with Gasteiger partial charge in [-0.05, 0) is 36.4 Å². The maximum atomic E-state index is 13.1. The number of benzene rings is 2. The van der Waals surface area contributed by atoms with Crippen LogP contribution in [0.4, 0.5) is 30.4 Å². The van der Waals surface area contributed by atoms with Gasteiger partial charge in [-0.25, -0.2) is 9.97 Å². The lowest BCUT2D eigenvalue weighted by atomic mass is 10.1. The van der Waals surface area contributed by atoms with E-state index in [9.17, 15) is 18.0 Å². The van der Waals surface area contributed by atoms with Crippen LogP contribution in [0.2, 0.25) is 0 Å². The van der Waals surface area contributed by atoms with Crippen LogP contribution in [0.25, 0.3) is 0 Å². The van der Waals surface area contributed by atoms with Crippen LogP contribution in [-0.2, 0) is 6.18 Å². The van der Waals surface area contributed by atoms with Crippen LogP contribution in [-0.4, -0.2) is 23.0 Å². The molecule has 1 amide bonds. The second kappa shape index (κ2) is 7.95. The first-order chi connectivity index (χ1) is 13.4. The fourth-order valence-electron chi connectivity index (χ4n) is 2.40. The molecule has 0 aliphatic carbocycles. The molecule has 0 atom stereocenters. The van der Waals surface area contributed by atoms with Gasteiger partial charge in [-0.3, -0.25) is 4.79 Å². The Kier molecular flexibility index (Phi) is 5.44. The lowest BCUT2D eigenvalue weighted by molar-refractivity contribution is -0.136. The number of anilines is 3. The van der Waals surface area contributed by atoms with Crippen molar-refractivity contribution in [1.29, 1.82) is 0 Å². The number of aromatic nitrogens is 2. The molecule has 6 nitrogen and oxygen atoms in total. The largest absolute Gasteiger partial charge is 0.497 e. The van der Waals surface area contributed by atoms with E-state index in [-0.39, 0.29) is 11.4 Å². The van der Waals surface area contributed by atoms with Crippen molar-refractivity contribution in [2.75, 3.05) is 17.7 Å². The Labute approximate surface area is 158 Å². The smallest absolute Gasteiger partial charge is 0.418 e. The highest BCUT2D eigenvalue weighted by Gasteiger charge is 2.33. The van der Waals surface area contributed by atoms with Crippen molar-refractivity contribution < 1.29 is 22.7 Å². The fraction of sp³-hybridized carbons (Fsp3) is 0.105. The SMILES string of the molecule is COc1ccc(Nc2cc(C(=O)Nc3ccccc3C(F)(F)F)ncn2)cc1. The Balaban J connectivity index is 1.77. The molecule has 0 unspecified atom stereocenters. The van der Waals surface area contributed by atoms with Gasteiger partial charge in [0.25, 0.3) is 5.91 Å². The minimum Gasteiger partial charge on any atom is -0.497 e. The highest BCUT2D eigenvalue weighted by atomic mass is 19.4. The summed E-state index contributed by atoms with van der Waals surface area (Å²) in [6.07, 6.45) is -3.44. The number of methoxy groups -OCH3 is 1. The molecule has 28 heavy (non-hydrogen) atoms. The average molecular weight is 388 g/mol. The van der Waals surface area contributed by atoms with Gasteiger partial charge < -0.3 is 15.4 Å². The van der Waals surface area contributed by atoms with E-state index in [1.54, 1.807) is 31.4 Å². The van der Waals surface area contributed by atoms with Crippen molar-refractivity contribution in [2.45, 2.75) is 6.18 Å². The molecule has 0 saturated carbocycles. The normalized spacial score (nSPS) is 11.0. The first kappa shape index (κ1) is 19.2. The molecule has 0 bridgehead atoms. The van der Waals surface area contributed by atoms with Gasteiger partial charge >= 0.3 is 6.18 Å². The van der Waals surface area contributed by atoms with Crippen LogP contribution in [0.5, 0.6) is 5.75 Å². The average Bonchev–Trinajstić information content (AvgIpc) is 2.68. The molecule has 3 aromatic rings. The topological polar surface area (TPSA) is 76.1 Å². The summed E-state index contributed by atoms with van der Waals surface area (Å²) in [7, 11) is 1.55. The monoisotopic (exact) mass is 388 g/mol. The zero-order valence-electron chi connectivity index (χ0n) is 14.6. The Morgan fingerprint density at radius 3 is 2.43 bits per heavy atom. The summed E-state index contributed by atoms with van der Waals surface area (Å²) in [6.45, 7) is 0. The molecular formula is C19H15F3N4O2. The van der Waals surface area contributed by atoms with Crippen LogP contribution in [0, 0.1) is 0 Å². The number of halogens is 3. The third kappa shape index (κ3) is 4.56. The highest BCUT2D eigenvalue weighted by Crippen LogP contribution is 2.34. The lowest BCUT2D eigenvalue weighted by Crippen LogP contribution is -2.18. The van der Waals surface area contributed by atoms with E-state index >= 15 is 0 Å². The van der Waals surface area contributed by atoms with E-state index < -0.39 is 17.6 Å². The van der Waals surface area contributed by atoms with Gasteiger partial charge in [0.05, 0.1) is 18.4 Å². The summed E-state index contributed by atoms with van der Waals surface area (Å²) in [5.41, 5.74) is -0.673. The number of hydrogen-bond donors (Lipinski definition) is 2. The fourth-order valence-corrected chi connectivity index (χ4v) is 2.40. The van der Waals surface area contributed by atoms with E-state index in [4.69, 9.17) is 4.74 Å². The van der Waals surface area contributed by atoms with Gasteiger partial charge in [-0.2, -0.15) is 13.2 Å². The predicted molar refractivity (Wildman–Crippen MR) is 97.7 cm³/mol. The number of hydrogen-bond acceptors (Lipinski definition) is 5. The quantitative estimate of drug-likeness (QED) is 0.673. The Morgan fingerprint density at radius 1 is 1.04 bits per heavy atom. The second-order valence-electron chi connectivity index (χ2n) is 5.64. The summed E-state index contributed by atoms with van der Waals surface area (Å²) in [4.78, 5) is 20.2. The van der Waals surface area contributed by atoms with Crippen molar-refractivity contribution in [3.63, 3.8) is 0 Å². The maximum Gasteiger partial charge on any atom is 0.418 e. The van der Waals surface area contributed by atoms with Gasteiger partial charge in [0, 0.05) is 11.8 Å². The molecule has 2 aromatic carbocycles. The molecule has 0 radical (unpaired) electrons. The first-order valence-corrected chi connectivity index (χ1v) is 8.07. The Morgan fingerprint density at radius 2 is 1.75 bits per heavy atom. The second-order valence-corrected chi connectivity index (χ2v) is 5.64. The molecule has 144 valence electrons. The predicted octanol–water partition coefficient (Wildman–Crippen LogP) is 4.50. The van der Waals surface area contributed by atoms with E-state index in [2.05, 4.69) is 20.6 Å². The van der Waals surface area contributed by atoms with Gasteiger partial charge in [0.2, 0.25) is 0 Å². The third-order valence-electron chi connectivity index (χ3n) is 3.74. The number of ether oxygens (including phenoxy) is 1. The van der Waals surface area contributed by atoms with E-state index in [0.29, 0.717) is 17.3 Å². The highest BCUT2D eigenvalue weighted by molar-refractivity contribution is 6.03. The van der Waals surface area contributed by atoms with Crippen molar-refractivity contribution in [3.8, 4) is 5.75 Å². The van der Waals surface area contributed by atoms with Gasteiger partial charge in [0.15, 0.2) is 0 Å². The molecule has 2 N–H and O–H groups in total. The number of rotatable bonds is 5. The van der Waals surface area contributed by atoms with Gasteiger partial charge in [-0.1, -0.05) is 12.1 Å². The number of amides is 1. The van der Waals surface area contributed by atoms with E-state index in [0.717, 1.165) is 12.4 Å². The Hall–Kier alpha value is -3.62. The summed E-state index contributed by atoms with van der Waals surface area (Å²) >= 11 is 0. The lowest BCUT2D eigenvalue weighted by Gasteiger charge is -2.13.